The van der Waals surface area contributed by atoms with E-state index in [2.05, 4.69) is 32.9 Å². The van der Waals surface area contributed by atoms with E-state index in [-0.39, 0.29) is 29.8 Å². The number of hydrogen-bond acceptors (Lipinski definition) is 3. The van der Waals surface area contributed by atoms with Crippen molar-refractivity contribution < 1.29 is 14.6 Å². The maximum absolute atomic E-state index is 13.1. The number of allylic oxidation sites excluding steroid dienone is 1. The van der Waals surface area contributed by atoms with E-state index in [0.717, 1.165) is 31.2 Å². The number of hydrogen-bond donors (Lipinski definition) is 1. The minimum atomic E-state index is -0.153. The van der Waals surface area contributed by atoms with Crippen LogP contribution in [0.2, 0.25) is 0 Å². The van der Waals surface area contributed by atoms with Gasteiger partial charge in [0.05, 0.1) is 29.6 Å². The zero-order valence-electron chi connectivity index (χ0n) is 14.1. The van der Waals surface area contributed by atoms with E-state index in [1.54, 1.807) is 0 Å². The summed E-state index contributed by atoms with van der Waals surface area (Å²) in [7, 11) is 0. The van der Waals surface area contributed by atoms with E-state index in [1.807, 2.05) is 0 Å². The van der Waals surface area contributed by atoms with Gasteiger partial charge >= 0.3 is 0 Å². The smallest absolute Gasteiger partial charge is 0.173 e. The van der Waals surface area contributed by atoms with Gasteiger partial charge in [-0.05, 0) is 49.3 Å². The molecule has 23 heavy (non-hydrogen) atoms. The molecule has 2 fully saturated rings. The fraction of sp³-hybridized carbons (Fsp3) is 0.550. The van der Waals surface area contributed by atoms with Crippen molar-refractivity contribution in [2.45, 2.75) is 58.7 Å². The SMILES string of the molecule is CCc1cc(C)cc(CC)c1C1=C(O)[C@@H]2[C@H](C1=O)[C@@H]1CC[C@H]2O1. The van der Waals surface area contributed by atoms with Crippen molar-refractivity contribution in [3.63, 3.8) is 0 Å². The van der Waals surface area contributed by atoms with Gasteiger partial charge in [-0.15, -0.1) is 0 Å². The van der Waals surface area contributed by atoms with Crippen LogP contribution in [0.1, 0.15) is 48.9 Å². The molecule has 0 radical (unpaired) electrons. The van der Waals surface area contributed by atoms with Gasteiger partial charge in [0, 0.05) is 0 Å². The maximum Gasteiger partial charge on any atom is 0.173 e. The molecule has 3 nitrogen and oxygen atoms in total. The van der Waals surface area contributed by atoms with Crippen molar-refractivity contribution in [1.82, 2.24) is 0 Å². The van der Waals surface area contributed by atoms with Gasteiger partial charge in [-0.25, -0.2) is 0 Å². The predicted octanol–water partition coefficient (Wildman–Crippen LogP) is 3.77. The quantitative estimate of drug-likeness (QED) is 0.924. The van der Waals surface area contributed by atoms with Crippen LogP contribution in [0.25, 0.3) is 5.57 Å². The summed E-state index contributed by atoms with van der Waals surface area (Å²) in [5, 5.41) is 10.9. The Morgan fingerprint density at radius 3 is 2.17 bits per heavy atom. The van der Waals surface area contributed by atoms with Crippen molar-refractivity contribution in [2.75, 3.05) is 0 Å². The first-order chi connectivity index (χ1) is 11.1. The Bertz CT molecular complexity index is 691. The Morgan fingerprint density at radius 2 is 1.65 bits per heavy atom. The second-order valence-corrected chi connectivity index (χ2v) is 7.13. The summed E-state index contributed by atoms with van der Waals surface area (Å²) >= 11 is 0. The van der Waals surface area contributed by atoms with Crippen LogP contribution in [0, 0.1) is 18.8 Å². The maximum atomic E-state index is 13.1. The van der Waals surface area contributed by atoms with Crippen LogP contribution in [-0.4, -0.2) is 23.1 Å². The number of rotatable bonds is 3. The van der Waals surface area contributed by atoms with Crippen molar-refractivity contribution in [2.24, 2.45) is 11.8 Å². The topological polar surface area (TPSA) is 46.5 Å². The van der Waals surface area contributed by atoms with Crippen LogP contribution >= 0.6 is 0 Å². The van der Waals surface area contributed by atoms with Gasteiger partial charge in [0.25, 0.3) is 0 Å². The molecule has 1 aliphatic carbocycles. The highest BCUT2D eigenvalue weighted by atomic mass is 16.5. The number of Topliss-reactive ketones (excluding diaryl/α,β-unsaturated/α-hetero) is 1. The number of ketones is 1. The summed E-state index contributed by atoms with van der Waals surface area (Å²) in [4.78, 5) is 13.1. The molecule has 0 amide bonds. The normalized spacial score (nSPS) is 32.0. The molecule has 2 heterocycles. The van der Waals surface area contributed by atoms with Crippen LogP contribution in [0.15, 0.2) is 17.9 Å². The zero-order valence-corrected chi connectivity index (χ0v) is 14.1. The van der Waals surface area contributed by atoms with Crippen molar-refractivity contribution in [3.05, 3.63) is 40.1 Å². The highest BCUT2D eigenvalue weighted by molar-refractivity contribution is 6.26. The molecule has 4 rings (SSSR count). The van der Waals surface area contributed by atoms with Crippen LogP contribution < -0.4 is 0 Å². The highest BCUT2D eigenvalue weighted by Crippen LogP contribution is 2.54. The Balaban J connectivity index is 1.90. The summed E-state index contributed by atoms with van der Waals surface area (Å²) in [5.74, 6) is 0.139. The third kappa shape index (κ3) is 1.96. The predicted molar refractivity (Wildman–Crippen MR) is 89.4 cm³/mol. The summed E-state index contributed by atoms with van der Waals surface area (Å²) < 4.78 is 5.88. The number of carbonyl (C=O) groups excluding carboxylic acids is 1. The molecule has 1 aromatic carbocycles. The minimum absolute atomic E-state index is 0.0118. The first-order valence-electron chi connectivity index (χ1n) is 8.82. The lowest BCUT2D eigenvalue weighted by atomic mass is 9.80. The Hall–Kier alpha value is -1.61. The molecule has 1 aromatic rings. The summed E-state index contributed by atoms with van der Waals surface area (Å²) in [6.07, 6.45) is 3.70. The largest absolute Gasteiger partial charge is 0.511 e. The fourth-order valence-corrected chi connectivity index (χ4v) is 4.89. The second kappa shape index (κ2) is 5.20. The summed E-state index contributed by atoms with van der Waals surface area (Å²) in [6, 6.07) is 4.31. The zero-order chi connectivity index (χ0) is 16.3. The summed E-state index contributed by atoms with van der Waals surface area (Å²) in [5.41, 5.74) is 5.15. The lowest BCUT2D eigenvalue weighted by molar-refractivity contribution is -0.118. The number of carbonyl (C=O) groups is 1. The van der Waals surface area contributed by atoms with Gasteiger partial charge in [0.15, 0.2) is 5.78 Å². The fourth-order valence-electron chi connectivity index (χ4n) is 4.89. The van der Waals surface area contributed by atoms with Gasteiger partial charge in [-0.2, -0.15) is 0 Å². The number of fused-ring (bicyclic) bond motifs is 5. The van der Waals surface area contributed by atoms with E-state index >= 15 is 0 Å². The molecule has 0 unspecified atom stereocenters. The lowest BCUT2D eigenvalue weighted by Gasteiger charge is -2.19. The highest BCUT2D eigenvalue weighted by Gasteiger charge is 2.59. The average molecular weight is 312 g/mol. The van der Waals surface area contributed by atoms with Gasteiger partial charge in [0.1, 0.15) is 5.76 Å². The first kappa shape index (κ1) is 14.9. The van der Waals surface area contributed by atoms with Crippen LogP contribution in [0.3, 0.4) is 0 Å². The van der Waals surface area contributed by atoms with Gasteiger partial charge in [-0.1, -0.05) is 31.5 Å². The molecule has 2 saturated heterocycles. The van der Waals surface area contributed by atoms with Crippen molar-refractivity contribution in [1.29, 1.82) is 0 Å². The molecule has 3 heteroatoms. The Morgan fingerprint density at radius 1 is 1.09 bits per heavy atom. The number of aliphatic hydroxyl groups is 1. The molecule has 0 saturated carbocycles. The number of aryl methyl sites for hydroxylation is 3. The van der Waals surface area contributed by atoms with E-state index in [1.165, 1.54) is 16.7 Å². The monoisotopic (exact) mass is 312 g/mol. The summed E-state index contributed by atoms with van der Waals surface area (Å²) in [6.45, 7) is 6.32. The molecule has 3 aliphatic rings. The number of aliphatic hydroxyl groups excluding tert-OH is 1. The van der Waals surface area contributed by atoms with Gasteiger partial charge < -0.3 is 9.84 Å². The van der Waals surface area contributed by atoms with E-state index in [4.69, 9.17) is 4.74 Å². The minimum Gasteiger partial charge on any atom is -0.511 e. The third-order valence-corrected chi connectivity index (χ3v) is 5.85. The van der Waals surface area contributed by atoms with E-state index in [0.29, 0.717) is 11.3 Å². The lowest BCUT2D eigenvalue weighted by Crippen LogP contribution is -2.29. The molecule has 122 valence electrons. The van der Waals surface area contributed by atoms with Crippen molar-refractivity contribution >= 4 is 11.4 Å². The second-order valence-electron chi connectivity index (χ2n) is 7.13. The van der Waals surface area contributed by atoms with E-state index in [9.17, 15) is 9.90 Å². The molecule has 1 N–H and O–H groups in total. The molecular formula is C20H24O3. The Kier molecular flexibility index (Phi) is 3.38. The number of ether oxygens (including phenoxy) is 1. The van der Waals surface area contributed by atoms with Gasteiger partial charge in [0.2, 0.25) is 0 Å². The molecule has 0 aromatic heterocycles. The average Bonchev–Trinajstić information content (AvgIpc) is 3.21. The van der Waals surface area contributed by atoms with Crippen molar-refractivity contribution in [3.8, 4) is 0 Å². The Labute approximate surface area is 137 Å². The molecule has 2 aliphatic heterocycles. The van der Waals surface area contributed by atoms with Gasteiger partial charge in [-0.3, -0.25) is 4.79 Å². The number of benzene rings is 1. The molecule has 0 spiro atoms. The standard InChI is InChI=1S/C20H24O3/c1-4-11-8-10(3)9-12(5-2)15(11)18-19(21)16-13-6-7-14(23-13)17(16)20(18)22/h8-9,13-14,16-17,21H,4-7H2,1-3H3/t13-,14+,16+,17-/m1/s1. The van der Waals surface area contributed by atoms with Crippen LogP contribution in [0.4, 0.5) is 0 Å². The molecule has 4 atom stereocenters. The molecule has 2 bridgehead atoms. The van der Waals surface area contributed by atoms with E-state index < -0.39 is 0 Å². The third-order valence-electron chi connectivity index (χ3n) is 5.85. The van der Waals surface area contributed by atoms with Crippen LogP contribution in [-0.2, 0) is 22.4 Å². The first-order valence-corrected chi connectivity index (χ1v) is 8.82. The van der Waals surface area contributed by atoms with Crippen LogP contribution in [0.5, 0.6) is 0 Å². The molecular weight excluding hydrogens is 288 g/mol.